The van der Waals surface area contributed by atoms with Crippen molar-refractivity contribution in [1.82, 2.24) is 10.5 Å². The van der Waals surface area contributed by atoms with Crippen molar-refractivity contribution < 1.29 is 9.32 Å². The van der Waals surface area contributed by atoms with Crippen molar-refractivity contribution in [2.24, 2.45) is 0 Å². The van der Waals surface area contributed by atoms with Crippen LogP contribution in [0.4, 0.5) is 0 Å². The summed E-state index contributed by atoms with van der Waals surface area (Å²) >= 11 is 0. The van der Waals surface area contributed by atoms with Crippen molar-refractivity contribution >= 4 is 12.0 Å². The zero-order valence-corrected chi connectivity index (χ0v) is 10.9. The molecule has 0 unspecified atom stereocenters. The maximum Gasteiger partial charge on any atom is 0.261 e. The lowest BCUT2D eigenvalue weighted by Crippen LogP contribution is -2.25. The molecular formula is C13H17N3O2. The van der Waals surface area contributed by atoms with E-state index in [1.807, 2.05) is 26.8 Å². The van der Waals surface area contributed by atoms with E-state index < -0.39 is 0 Å². The summed E-state index contributed by atoms with van der Waals surface area (Å²) in [4.78, 5) is 11.7. The van der Waals surface area contributed by atoms with Crippen LogP contribution in [0.5, 0.6) is 0 Å². The summed E-state index contributed by atoms with van der Waals surface area (Å²) in [6, 6.07) is 1.89. The van der Waals surface area contributed by atoms with Crippen LogP contribution in [0.15, 0.2) is 16.4 Å². The van der Waals surface area contributed by atoms with Gasteiger partial charge in [-0.2, -0.15) is 5.26 Å². The van der Waals surface area contributed by atoms with Gasteiger partial charge in [-0.05, 0) is 18.4 Å². The monoisotopic (exact) mass is 247 g/mol. The standard InChI is InChI=1S/C13H17N3O2/c1-4-5-15-13(17)10(7-14)6-11-8-18-16-12(11)9(2)3/h6,8-9H,4-5H2,1-3H3,(H,15,17)/b10-6+. The van der Waals surface area contributed by atoms with E-state index in [0.717, 1.165) is 12.1 Å². The number of hydrogen-bond acceptors (Lipinski definition) is 4. The average Bonchev–Trinajstić information content (AvgIpc) is 2.81. The maximum atomic E-state index is 11.7. The largest absolute Gasteiger partial charge is 0.364 e. The van der Waals surface area contributed by atoms with E-state index in [2.05, 4.69) is 10.5 Å². The van der Waals surface area contributed by atoms with E-state index in [1.54, 1.807) is 0 Å². The predicted octanol–water partition coefficient (Wildman–Crippen LogP) is 2.23. The summed E-state index contributed by atoms with van der Waals surface area (Å²) in [6.45, 7) is 6.45. The van der Waals surface area contributed by atoms with Gasteiger partial charge in [-0.15, -0.1) is 0 Å². The highest BCUT2D eigenvalue weighted by Gasteiger charge is 2.13. The van der Waals surface area contributed by atoms with Gasteiger partial charge in [0.25, 0.3) is 5.91 Å². The molecule has 1 aromatic heterocycles. The molecule has 0 aliphatic heterocycles. The SMILES string of the molecule is CCCNC(=O)/C(C#N)=C/c1conc1C(C)C. The summed E-state index contributed by atoms with van der Waals surface area (Å²) < 4.78 is 4.88. The first-order valence-electron chi connectivity index (χ1n) is 5.94. The molecule has 1 amide bonds. The van der Waals surface area contributed by atoms with Gasteiger partial charge in [0.2, 0.25) is 0 Å². The molecule has 0 aliphatic rings. The van der Waals surface area contributed by atoms with Gasteiger partial charge < -0.3 is 9.84 Å². The number of hydrogen-bond donors (Lipinski definition) is 1. The number of carbonyl (C=O) groups excluding carboxylic acids is 1. The third-order valence-corrected chi connectivity index (χ3v) is 2.37. The third kappa shape index (κ3) is 3.45. The first-order chi connectivity index (χ1) is 8.60. The molecule has 5 heteroatoms. The molecule has 18 heavy (non-hydrogen) atoms. The molecule has 0 bridgehead atoms. The van der Waals surface area contributed by atoms with Gasteiger partial charge in [0.15, 0.2) is 0 Å². The van der Waals surface area contributed by atoms with Crippen LogP contribution in [0, 0.1) is 11.3 Å². The Morgan fingerprint density at radius 1 is 1.67 bits per heavy atom. The van der Waals surface area contributed by atoms with Gasteiger partial charge in [-0.3, -0.25) is 4.79 Å². The second kappa shape index (κ2) is 6.60. The molecule has 0 atom stereocenters. The number of amides is 1. The number of nitriles is 1. The van der Waals surface area contributed by atoms with Crippen LogP contribution in [0.3, 0.4) is 0 Å². The van der Waals surface area contributed by atoms with Gasteiger partial charge in [-0.25, -0.2) is 0 Å². The zero-order chi connectivity index (χ0) is 13.5. The second-order valence-corrected chi connectivity index (χ2v) is 4.24. The molecular weight excluding hydrogens is 230 g/mol. The number of nitrogens with zero attached hydrogens (tertiary/aromatic N) is 2. The number of carbonyl (C=O) groups is 1. The topological polar surface area (TPSA) is 78.9 Å². The summed E-state index contributed by atoms with van der Waals surface area (Å²) in [7, 11) is 0. The number of aromatic nitrogens is 1. The molecule has 0 radical (unpaired) electrons. The molecule has 1 rings (SSSR count). The van der Waals surface area contributed by atoms with E-state index in [0.29, 0.717) is 12.1 Å². The lowest BCUT2D eigenvalue weighted by atomic mass is 10.0. The minimum absolute atomic E-state index is 0.0635. The van der Waals surface area contributed by atoms with Gasteiger partial charge in [0.05, 0.1) is 5.69 Å². The molecule has 96 valence electrons. The number of nitrogens with one attached hydrogen (secondary N) is 1. The van der Waals surface area contributed by atoms with E-state index in [4.69, 9.17) is 9.78 Å². The summed E-state index contributed by atoms with van der Waals surface area (Å²) in [5.41, 5.74) is 1.48. The molecule has 1 heterocycles. The molecule has 1 N–H and O–H groups in total. The quantitative estimate of drug-likeness (QED) is 0.639. The lowest BCUT2D eigenvalue weighted by molar-refractivity contribution is -0.117. The lowest BCUT2D eigenvalue weighted by Gasteiger charge is -2.02. The van der Waals surface area contributed by atoms with Gasteiger partial charge in [0.1, 0.15) is 17.9 Å². The molecule has 0 fully saturated rings. The van der Waals surface area contributed by atoms with E-state index >= 15 is 0 Å². The van der Waals surface area contributed by atoms with Crippen molar-refractivity contribution in [1.29, 1.82) is 5.26 Å². The third-order valence-electron chi connectivity index (χ3n) is 2.37. The Morgan fingerprint density at radius 2 is 2.39 bits per heavy atom. The summed E-state index contributed by atoms with van der Waals surface area (Å²) in [5, 5.41) is 15.5. The van der Waals surface area contributed by atoms with Crippen molar-refractivity contribution in [3.63, 3.8) is 0 Å². The fourth-order valence-electron chi connectivity index (χ4n) is 1.44. The first kappa shape index (κ1) is 14.0. The van der Waals surface area contributed by atoms with Gasteiger partial charge in [-0.1, -0.05) is 25.9 Å². The van der Waals surface area contributed by atoms with Crippen molar-refractivity contribution in [2.45, 2.75) is 33.1 Å². The molecule has 0 spiro atoms. The van der Waals surface area contributed by atoms with E-state index in [1.165, 1.54) is 12.3 Å². The average molecular weight is 247 g/mol. The van der Waals surface area contributed by atoms with E-state index in [9.17, 15) is 4.79 Å². The molecule has 1 aromatic rings. The minimum atomic E-state index is -0.366. The van der Waals surface area contributed by atoms with E-state index in [-0.39, 0.29) is 17.4 Å². The van der Waals surface area contributed by atoms with Crippen LogP contribution >= 0.6 is 0 Å². The Balaban J connectivity index is 2.94. The minimum Gasteiger partial charge on any atom is -0.364 e. The first-order valence-corrected chi connectivity index (χ1v) is 5.94. The molecule has 5 nitrogen and oxygen atoms in total. The van der Waals surface area contributed by atoms with Crippen LogP contribution in [-0.4, -0.2) is 17.6 Å². The zero-order valence-electron chi connectivity index (χ0n) is 10.9. The highest BCUT2D eigenvalue weighted by Crippen LogP contribution is 2.19. The molecule has 0 saturated carbocycles. The predicted molar refractivity (Wildman–Crippen MR) is 67.5 cm³/mol. The summed E-state index contributed by atoms with van der Waals surface area (Å²) in [5.74, 6) is -0.191. The van der Waals surface area contributed by atoms with Crippen molar-refractivity contribution in [3.05, 3.63) is 23.1 Å². The Kier molecular flexibility index (Phi) is 5.12. The summed E-state index contributed by atoms with van der Waals surface area (Å²) in [6.07, 6.45) is 3.78. The van der Waals surface area contributed by atoms with Crippen molar-refractivity contribution in [3.8, 4) is 6.07 Å². The Morgan fingerprint density at radius 3 is 2.94 bits per heavy atom. The normalized spacial score (nSPS) is 11.4. The molecule has 0 saturated heterocycles. The second-order valence-electron chi connectivity index (χ2n) is 4.24. The smallest absolute Gasteiger partial charge is 0.261 e. The van der Waals surface area contributed by atoms with Gasteiger partial charge >= 0.3 is 0 Å². The number of rotatable bonds is 5. The van der Waals surface area contributed by atoms with Crippen LogP contribution in [0.25, 0.3) is 6.08 Å². The Hall–Kier alpha value is -2.09. The highest BCUT2D eigenvalue weighted by molar-refractivity contribution is 6.01. The molecule has 0 aromatic carbocycles. The van der Waals surface area contributed by atoms with Crippen LogP contribution in [0.1, 0.15) is 44.4 Å². The Bertz CT molecular complexity index is 481. The van der Waals surface area contributed by atoms with Gasteiger partial charge in [0, 0.05) is 12.1 Å². The highest BCUT2D eigenvalue weighted by atomic mass is 16.5. The molecule has 0 aliphatic carbocycles. The fraction of sp³-hybridized carbons (Fsp3) is 0.462. The maximum absolute atomic E-state index is 11.7. The van der Waals surface area contributed by atoms with Crippen LogP contribution in [-0.2, 0) is 4.79 Å². The van der Waals surface area contributed by atoms with Crippen molar-refractivity contribution in [2.75, 3.05) is 6.54 Å². The van der Waals surface area contributed by atoms with Crippen LogP contribution < -0.4 is 5.32 Å². The Labute approximate surface area is 106 Å². The van der Waals surface area contributed by atoms with Crippen LogP contribution in [0.2, 0.25) is 0 Å². The fourth-order valence-corrected chi connectivity index (χ4v) is 1.44.